The first kappa shape index (κ1) is 16.8. The molecule has 1 amide bonds. The van der Waals surface area contributed by atoms with Crippen molar-refractivity contribution in [2.45, 2.75) is 13.8 Å². The molecule has 3 aromatic heterocycles. The molecule has 0 radical (unpaired) electrons. The molecule has 0 atom stereocenters. The molecule has 0 spiro atoms. The van der Waals surface area contributed by atoms with Gasteiger partial charge in [0, 0.05) is 24.9 Å². The van der Waals surface area contributed by atoms with Gasteiger partial charge in [-0.2, -0.15) is 0 Å². The molecular weight excluding hydrogens is 346 g/mol. The summed E-state index contributed by atoms with van der Waals surface area (Å²) in [6.07, 6.45) is 0. The van der Waals surface area contributed by atoms with Crippen LogP contribution in [-0.4, -0.2) is 33.9 Å². The Kier molecular flexibility index (Phi) is 4.61. The van der Waals surface area contributed by atoms with Gasteiger partial charge in [-0.05, 0) is 19.1 Å². The summed E-state index contributed by atoms with van der Waals surface area (Å²) in [7, 11) is 0. The second-order valence-corrected chi connectivity index (χ2v) is 6.53. The molecule has 0 bridgehead atoms. The standard InChI is InChI=1S/C15H15N5O4S/c1-8-7-10-13(25-8)15(17-6-5-16-9(2)21)19-14(18-10)11-3-4-12(24-11)20(22)23/h3-4,7H,5-6H2,1-2H3,(H,16,21)(H,17,18,19). The first-order valence-electron chi connectivity index (χ1n) is 7.45. The minimum Gasteiger partial charge on any atom is -0.397 e. The molecule has 0 aliphatic heterocycles. The highest BCUT2D eigenvalue weighted by Gasteiger charge is 2.18. The van der Waals surface area contributed by atoms with Crippen molar-refractivity contribution in [2.75, 3.05) is 18.4 Å². The zero-order valence-corrected chi connectivity index (χ0v) is 14.3. The molecule has 130 valence electrons. The molecule has 9 nitrogen and oxygen atoms in total. The number of anilines is 1. The van der Waals surface area contributed by atoms with Crippen LogP contribution in [0.15, 0.2) is 22.6 Å². The number of hydrogen-bond acceptors (Lipinski definition) is 8. The number of nitrogens with zero attached hydrogens (tertiary/aromatic N) is 3. The third-order valence-corrected chi connectivity index (χ3v) is 4.32. The first-order valence-corrected chi connectivity index (χ1v) is 8.27. The van der Waals surface area contributed by atoms with Crippen LogP contribution >= 0.6 is 11.3 Å². The SMILES string of the molecule is CC(=O)NCCNc1nc(-c2ccc([N+](=O)[O-])o2)nc2cc(C)sc12. The van der Waals surface area contributed by atoms with Crippen LogP contribution in [0, 0.1) is 17.0 Å². The van der Waals surface area contributed by atoms with Crippen LogP contribution in [0.2, 0.25) is 0 Å². The molecule has 3 aromatic rings. The summed E-state index contributed by atoms with van der Waals surface area (Å²) in [5.74, 6) is 0.621. The van der Waals surface area contributed by atoms with Crippen molar-refractivity contribution in [1.82, 2.24) is 15.3 Å². The van der Waals surface area contributed by atoms with Crippen LogP contribution < -0.4 is 10.6 Å². The summed E-state index contributed by atoms with van der Waals surface area (Å²) in [5, 5.41) is 16.6. The summed E-state index contributed by atoms with van der Waals surface area (Å²) < 4.78 is 6.07. The average molecular weight is 361 g/mol. The highest BCUT2D eigenvalue weighted by molar-refractivity contribution is 7.19. The smallest absolute Gasteiger partial charge is 0.397 e. The van der Waals surface area contributed by atoms with Crippen LogP contribution in [0.4, 0.5) is 11.7 Å². The molecule has 0 unspecified atom stereocenters. The number of carbonyl (C=O) groups excluding carboxylic acids is 1. The van der Waals surface area contributed by atoms with E-state index < -0.39 is 4.92 Å². The van der Waals surface area contributed by atoms with Crippen LogP contribution in [0.1, 0.15) is 11.8 Å². The quantitative estimate of drug-likeness (QED) is 0.393. The van der Waals surface area contributed by atoms with E-state index in [1.54, 1.807) is 11.3 Å². The Morgan fingerprint density at radius 3 is 2.84 bits per heavy atom. The monoisotopic (exact) mass is 361 g/mol. The summed E-state index contributed by atoms with van der Waals surface area (Å²) in [6.45, 7) is 4.35. The van der Waals surface area contributed by atoms with Crippen molar-refractivity contribution in [3.8, 4) is 11.6 Å². The van der Waals surface area contributed by atoms with Crippen molar-refractivity contribution in [1.29, 1.82) is 0 Å². The zero-order chi connectivity index (χ0) is 18.0. The minimum absolute atomic E-state index is 0.106. The van der Waals surface area contributed by atoms with Gasteiger partial charge in [-0.25, -0.2) is 9.97 Å². The van der Waals surface area contributed by atoms with E-state index >= 15 is 0 Å². The highest BCUT2D eigenvalue weighted by Crippen LogP contribution is 2.32. The lowest BCUT2D eigenvalue weighted by atomic mass is 10.3. The fourth-order valence-electron chi connectivity index (χ4n) is 2.24. The Morgan fingerprint density at radius 1 is 1.36 bits per heavy atom. The molecule has 25 heavy (non-hydrogen) atoms. The molecule has 3 heterocycles. The largest absolute Gasteiger partial charge is 0.433 e. The van der Waals surface area contributed by atoms with Crippen molar-refractivity contribution in [2.24, 2.45) is 0 Å². The Labute approximate surface area is 146 Å². The van der Waals surface area contributed by atoms with Gasteiger partial charge in [0.15, 0.2) is 11.6 Å². The van der Waals surface area contributed by atoms with E-state index in [2.05, 4.69) is 20.6 Å². The number of amides is 1. The normalized spacial score (nSPS) is 10.8. The van der Waals surface area contributed by atoms with E-state index in [-0.39, 0.29) is 23.4 Å². The number of thiophene rings is 1. The number of furan rings is 1. The Bertz CT molecular complexity index is 949. The maximum Gasteiger partial charge on any atom is 0.433 e. The molecule has 0 aliphatic rings. The second kappa shape index (κ2) is 6.85. The average Bonchev–Trinajstić information content (AvgIpc) is 3.16. The molecule has 0 saturated carbocycles. The van der Waals surface area contributed by atoms with Crippen LogP contribution in [-0.2, 0) is 4.79 Å². The number of hydrogen-bond donors (Lipinski definition) is 2. The molecule has 0 saturated heterocycles. The van der Waals surface area contributed by atoms with E-state index in [9.17, 15) is 14.9 Å². The minimum atomic E-state index is -0.608. The van der Waals surface area contributed by atoms with E-state index in [1.807, 2.05) is 13.0 Å². The number of aryl methyl sites for hydroxylation is 1. The fraction of sp³-hybridized carbons (Fsp3) is 0.267. The van der Waals surface area contributed by atoms with E-state index in [4.69, 9.17) is 4.42 Å². The number of carbonyl (C=O) groups is 1. The number of aromatic nitrogens is 2. The summed E-state index contributed by atoms with van der Waals surface area (Å²) in [6, 6.07) is 4.66. The van der Waals surface area contributed by atoms with Gasteiger partial charge in [0.1, 0.15) is 10.7 Å². The molecule has 3 rings (SSSR count). The predicted octanol–water partition coefficient (Wildman–Crippen LogP) is 2.72. The second-order valence-electron chi connectivity index (χ2n) is 5.27. The lowest BCUT2D eigenvalue weighted by Gasteiger charge is -2.08. The van der Waals surface area contributed by atoms with E-state index in [0.717, 1.165) is 15.1 Å². The molecule has 0 aliphatic carbocycles. The molecule has 0 fully saturated rings. The van der Waals surface area contributed by atoms with Gasteiger partial charge in [0.05, 0.1) is 16.3 Å². The lowest BCUT2D eigenvalue weighted by Crippen LogP contribution is -2.26. The van der Waals surface area contributed by atoms with Gasteiger partial charge in [0.2, 0.25) is 5.91 Å². The van der Waals surface area contributed by atoms with Crippen molar-refractivity contribution in [3.05, 3.63) is 33.2 Å². The zero-order valence-electron chi connectivity index (χ0n) is 13.5. The van der Waals surface area contributed by atoms with Gasteiger partial charge < -0.3 is 15.1 Å². The van der Waals surface area contributed by atoms with Gasteiger partial charge in [-0.1, -0.05) is 0 Å². The number of fused-ring (bicyclic) bond motifs is 1. The highest BCUT2D eigenvalue weighted by atomic mass is 32.1. The van der Waals surface area contributed by atoms with E-state index in [0.29, 0.717) is 18.9 Å². The Morgan fingerprint density at radius 2 is 2.16 bits per heavy atom. The maximum absolute atomic E-state index is 10.9. The van der Waals surface area contributed by atoms with E-state index in [1.165, 1.54) is 19.1 Å². The maximum atomic E-state index is 10.9. The summed E-state index contributed by atoms with van der Waals surface area (Å²) in [4.78, 5) is 31.0. The van der Waals surface area contributed by atoms with Crippen LogP contribution in [0.5, 0.6) is 0 Å². The van der Waals surface area contributed by atoms with Crippen LogP contribution in [0.25, 0.3) is 21.8 Å². The van der Waals surface area contributed by atoms with Crippen molar-refractivity contribution < 1.29 is 14.1 Å². The number of nitrogens with one attached hydrogen (secondary N) is 2. The number of nitro groups is 1. The lowest BCUT2D eigenvalue weighted by molar-refractivity contribution is -0.401. The molecular formula is C15H15N5O4S. The third-order valence-electron chi connectivity index (χ3n) is 3.28. The molecule has 0 aromatic carbocycles. The summed E-state index contributed by atoms with van der Waals surface area (Å²) in [5.41, 5.74) is 0.730. The van der Waals surface area contributed by atoms with Crippen LogP contribution in [0.3, 0.4) is 0 Å². The molecule has 10 heteroatoms. The van der Waals surface area contributed by atoms with Gasteiger partial charge >= 0.3 is 5.88 Å². The van der Waals surface area contributed by atoms with Gasteiger partial charge in [-0.3, -0.25) is 14.9 Å². The molecule has 2 N–H and O–H groups in total. The van der Waals surface area contributed by atoms with Gasteiger partial charge in [0.25, 0.3) is 0 Å². The number of rotatable bonds is 6. The first-order chi connectivity index (χ1) is 11.9. The Balaban J connectivity index is 1.93. The predicted molar refractivity (Wildman–Crippen MR) is 93.7 cm³/mol. The van der Waals surface area contributed by atoms with Crippen molar-refractivity contribution in [3.63, 3.8) is 0 Å². The van der Waals surface area contributed by atoms with Crippen molar-refractivity contribution >= 4 is 39.2 Å². The summed E-state index contributed by atoms with van der Waals surface area (Å²) >= 11 is 1.54. The van der Waals surface area contributed by atoms with Gasteiger partial charge in [-0.15, -0.1) is 11.3 Å². The third kappa shape index (κ3) is 3.74. The fourth-order valence-corrected chi connectivity index (χ4v) is 3.16. The topological polar surface area (TPSA) is 123 Å². The Hall–Kier alpha value is -3.01.